The molecule has 2 rings (SSSR count). The van der Waals surface area contributed by atoms with E-state index in [0.29, 0.717) is 28.1 Å². The number of aromatic amines is 1. The molecule has 0 unspecified atom stereocenters. The molecule has 0 spiro atoms. The van der Waals surface area contributed by atoms with Crippen LogP contribution in [0.3, 0.4) is 0 Å². The first kappa shape index (κ1) is 15.9. The minimum absolute atomic E-state index is 0.0685. The van der Waals surface area contributed by atoms with Gasteiger partial charge in [0.05, 0.1) is 5.69 Å². The van der Waals surface area contributed by atoms with Crippen molar-refractivity contribution in [3.8, 4) is 11.4 Å². The molecular formula is C15H17BrFN3O. The van der Waals surface area contributed by atoms with Crippen molar-refractivity contribution in [3.63, 3.8) is 0 Å². The number of nitrogens with zero attached hydrogens (tertiary/aromatic N) is 1. The third kappa shape index (κ3) is 4.47. The highest BCUT2D eigenvalue weighted by atomic mass is 79.9. The second-order valence-corrected chi connectivity index (χ2v) is 6.67. The van der Waals surface area contributed by atoms with Crippen LogP contribution in [0.25, 0.3) is 11.4 Å². The highest BCUT2D eigenvalue weighted by Gasteiger charge is 2.12. The Morgan fingerprint density at radius 2 is 2.05 bits per heavy atom. The first-order chi connectivity index (χ1) is 9.74. The Morgan fingerprint density at radius 1 is 1.33 bits per heavy atom. The minimum atomic E-state index is -0.349. The molecule has 0 atom stereocenters. The highest BCUT2D eigenvalue weighted by Crippen LogP contribution is 2.25. The number of H-pyrrole nitrogens is 1. The van der Waals surface area contributed by atoms with Gasteiger partial charge in [-0.3, -0.25) is 4.79 Å². The van der Waals surface area contributed by atoms with Crippen LogP contribution >= 0.6 is 15.9 Å². The molecule has 21 heavy (non-hydrogen) atoms. The van der Waals surface area contributed by atoms with Crippen LogP contribution in [0.2, 0.25) is 0 Å². The molecule has 0 aliphatic heterocycles. The van der Waals surface area contributed by atoms with Gasteiger partial charge < -0.3 is 10.3 Å². The highest BCUT2D eigenvalue weighted by molar-refractivity contribution is 9.10. The first-order valence-electron chi connectivity index (χ1n) is 6.55. The Kier molecular flexibility index (Phi) is 4.58. The van der Waals surface area contributed by atoms with E-state index < -0.39 is 0 Å². The Hall–Kier alpha value is -1.53. The second-order valence-electron chi connectivity index (χ2n) is 5.81. The van der Waals surface area contributed by atoms with Gasteiger partial charge in [-0.1, -0.05) is 0 Å². The van der Waals surface area contributed by atoms with Gasteiger partial charge in [0.25, 0.3) is 5.56 Å². The topological polar surface area (TPSA) is 57.8 Å². The van der Waals surface area contributed by atoms with Crippen LogP contribution in [0.1, 0.15) is 26.5 Å². The summed E-state index contributed by atoms with van der Waals surface area (Å²) in [5, 5.41) is 3.28. The summed E-state index contributed by atoms with van der Waals surface area (Å²) in [5.41, 5.74) is 0.980. The maximum absolute atomic E-state index is 13.1. The number of aromatic nitrogens is 2. The van der Waals surface area contributed by atoms with E-state index in [4.69, 9.17) is 0 Å². The summed E-state index contributed by atoms with van der Waals surface area (Å²) in [5.74, 6) is 0.0682. The van der Waals surface area contributed by atoms with Gasteiger partial charge in [0, 0.05) is 28.2 Å². The largest absolute Gasteiger partial charge is 0.306 e. The third-order valence-corrected chi connectivity index (χ3v) is 3.44. The maximum atomic E-state index is 13.1. The van der Waals surface area contributed by atoms with Crippen molar-refractivity contribution in [2.75, 3.05) is 0 Å². The average molecular weight is 354 g/mol. The summed E-state index contributed by atoms with van der Waals surface area (Å²) < 4.78 is 13.7. The van der Waals surface area contributed by atoms with Crippen molar-refractivity contribution >= 4 is 15.9 Å². The van der Waals surface area contributed by atoms with Gasteiger partial charge in [-0.2, -0.15) is 0 Å². The van der Waals surface area contributed by atoms with Crippen LogP contribution in [0.5, 0.6) is 0 Å². The van der Waals surface area contributed by atoms with Crippen LogP contribution < -0.4 is 10.9 Å². The third-order valence-electron chi connectivity index (χ3n) is 2.78. The van der Waals surface area contributed by atoms with Gasteiger partial charge in [0.15, 0.2) is 0 Å². The normalized spacial score (nSPS) is 11.7. The zero-order chi connectivity index (χ0) is 15.6. The van der Waals surface area contributed by atoms with Crippen molar-refractivity contribution in [2.45, 2.75) is 32.9 Å². The first-order valence-corrected chi connectivity index (χ1v) is 7.34. The fourth-order valence-electron chi connectivity index (χ4n) is 1.76. The molecule has 0 saturated heterocycles. The van der Waals surface area contributed by atoms with E-state index in [0.717, 1.165) is 0 Å². The van der Waals surface area contributed by atoms with E-state index >= 15 is 0 Å². The van der Waals surface area contributed by atoms with Gasteiger partial charge in [-0.05, 0) is 54.9 Å². The number of hydrogen-bond donors (Lipinski definition) is 2. The molecule has 1 heterocycles. The maximum Gasteiger partial charge on any atom is 0.251 e. The molecule has 6 heteroatoms. The van der Waals surface area contributed by atoms with Crippen molar-refractivity contribution < 1.29 is 4.39 Å². The SMILES string of the molecule is CC(C)(C)NCc1cc(=O)[nH]c(-c2ccc(F)cc2Br)n1. The van der Waals surface area contributed by atoms with Crippen molar-refractivity contribution in [1.29, 1.82) is 0 Å². The quantitative estimate of drug-likeness (QED) is 0.890. The number of halogens is 2. The van der Waals surface area contributed by atoms with E-state index in [1.807, 2.05) is 20.8 Å². The van der Waals surface area contributed by atoms with E-state index in [1.165, 1.54) is 18.2 Å². The summed E-state index contributed by atoms with van der Waals surface area (Å²) >= 11 is 3.29. The molecule has 0 amide bonds. The number of hydrogen-bond acceptors (Lipinski definition) is 3. The molecular weight excluding hydrogens is 337 g/mol. The molecule has 1 aromatic carbocycles. The molecule has 2 aromatic rings. The monoisotopic (exact) mass is 353 g/mol. The zero-order valence-corrected chi connectivity index (χ0v) is 13.7. The number of nitrogens with one attached hydrogen (secondary N) is 2. The fraction of sp³-hybridized carbons (Fsp3) is 0.333. The van der Waals surface area contributed by atoms with Gasteiger partial charge in [0.1, 0.15) is 11.6 Å². The molecule has 0 bridgehead atoms. The molecule has 0 aliphatic carbocycles. The van der Waals surface area contributed by atoms with Crippen LogP contribution in [-0.2, 0) is 6.54 Å². The van der Waals surface area contributed by atoms with Crippen LogP contribution in [-0.4, -0.2) is 15.5 Å². The molecule has 4 nitrogen and oxygen atoms in total. The van der Waals surface area contributed by atoms with Gasteiger partial charge in [-0.15, -0.1) is 0 Å². The minimum Gasteiger partial charge on any atom is -0.306 e. The lowest BCUT2D eigenvalue weighted by atomic mass is 10.1. The average Bonchev–Trinajstić information content (AvgIpc) is 2.35. The molecule has 0 fully saturated rings. The van der Waals surface area contributed by atoms with Gasteiger partial charge >= 0.3 is 0 Å². The van der Waals surface area contributed by atoms with E-state index in [2.05, 4.69) is 31.2 Å². The summed E-state index contributed by atoms with van der Waals surface area (Å²) in [6, 6.07) is 5.72. The van der Waals surface area contributed by atoms with E-state index in [9.17, 15) is 9.18 Å². The van der Waals surface area contributed by atoms with Crippen LogP contribution in [0, 0.1) is 5.82 Å². The lowest BCUT2D eigenvalue weighted by Crippen LogP contribution is -2.35. The molecule has 1 aromatic heterocycles. The van der Waals surface area contributed by atoms with Crippen molar-refractivity contribution in [1.82, 2.24) is 15.3 Å². The van der Waals surface area contributed by atoms with Crippen LogP contribution in [0.4, 0.5) is 4.39 Å². The lowest BCUT2D eigenvalue weighted by molar-refractivity contribution is 0.421. The predicted molar refractivity (Wildman–Crippen MR) is 84.5 cm³/mol. The second kappa shape index (κ2) is 6.07. The number of rotatable bonds is 3. The van der Waals surface area contributed by atoms with Crippen molar-refractivity contribution in [2.24, 2.45) is 0 Å². The molecule has 112 valence electrons. The smallest absolute Gasteiger partial charge is 0.251 e. The Morgan fingerprint density at radius 3 is 2.67 bits per heavy atom. The fourth-order valence-corrected chi connectivity index (χ4v) is 2.30. The standard InChI is InChI=1S/C15H17BrFN3O/c1-15(2,3)18-8-10-7-13(21)20-14(19-10)11-5-4-9(17)6-12(11)16/h4-7,18H,8H2,1-3H3,(H,19,20,21). The van der Waals surface area contributed by atoms with Gasteiger partial charge in [-0.25, -0.2) is 9.37 Å². The van der Waals surface area contributed by atoms with E-state index in [1.54, 1.807) is 6.07 Å². The van der Waals surface area contributed by atoms with Crippen molar-refractivity contribution in [3.05, 3.63) is 50.6 Å². The summed E-state index contributed by atoms with van der Waals surface area (Å²) in [6.45, 7) is 6.60. The van der Waals surface area contributed by atoms with Crippen LogP contribution in [0.15, 0.2) is 33.5 Å². The zero-order valence-electron chi connectivity index (χ0n) is 12.1. The predicted octanol–water partition coefficient (Wildman–Crippen LogP) is 3.23. The summed E-state index contributed by atoms with van der Waals surface area (Å²) in [4.78, 5) is 18.9. The molecule has 2 N–H and O–H groups in total. The molecule has 0 radical (unpaired) electrons. The molecule has 0 saturated carbocycles. The lowest BCUT2D eigenvalue weighted by Gasteiger charge is -2.20. The Bertz CT molecular complexity index is 707. The Labute approximate surface area is 130 Å². The van der Waals surface area contributed by atoms with Gasteiger partial charge in [0.2, 0.25) is 0 Å². The Balaban J connectivity index is 2.37. The summed E-state index contributed by atoms with van der Waals surface area (Å²) in [7, 11) is 0. The van der Waals surface area contributed by atoms with E-state index in [-0.39, 0.29) is 16.9 Å². The molecule has 0 aliphatic rings. The number of benzene rings is 1. The summed E-state index contributed by atoms with van der Waals surface area (Å²) in [6.07, 6.45) is 0.